The highest BCUT2D eigenvalue weighted by atomic mass is 127. The van der Waals surface area contributed by atoms with Gasteiger partial charge >= 0.3 is 0 Å². The highest BCUT2D eigenvalue weighted by Crippen LogP contribution is 2.21. The first-order valence-corrected chi connectivity index (χ1v) is 11.0. The molecule has 0 aliphatic heterocycles. The van der Waals surface area contributed by atoms with Gasteiger partial charge in [0.05, 0.1) is 18.3 Å². The third-order valence-electron chi connectivity index (χ3n) is 4.64. The molecular weight excluding hydrogens is 497 g/mol. The molecule has 152 valence electrons. The van der Waals surface area contributed by atoms with E-state index in [9.17, 15) is 4.79 Å². The van der Waals surface area contributed by atoms with Crippen molar-refractivity contribution in [2.24, 2.45) is 0 Å². The molecule has 0 bridgehead atoms. The maximum absolute atomic E-state index is 12.6. The summed E-state index contributed by atoms with van der Waals surface area (Å²) < 4.78 is 1.14. The zero-order chi connectivity index (χ0) is 21.5. The van der Waals surface area contributed by atoms with Crippen molar-refractivity contribution in [1.29, 1.82) is 0 Å². The minimum absolute atomic E-state index is 0.127. The van der Waals surface area contributed by atoms with Gasteiger partial charge in [-0.15, -0.1) is 0 Å². The predicted octanol–water partition coefficient (Wildman–Crippen LogP) is 6.10. The zero-order valence-electron chi connectivity index (χ0n) is 16.7. The van der Waals surface area contributed by atoms with E-state index in [1.807, 2.05) is 97.1 Å². The van der Waals surface area contributed by atoms with Crippen LogP contribution in [0.4, 0.5) is 5.82 Å². The number of nitrogens with zero attached hydrogens (tertiary/aromatic N) is 2. The minimum Gasteiger partial charge on any atom is -0.309 e. The fourth-order valence-electron chi connectivity index (χ4n) is 3.07. The molecule has 1 heterocycles. The monoisotopic (exact) mass is 517 g/mol. The number of hydrogen-bond acceptors (Lipinski definition) is 3. The number of carbonyl (C=O) groups is 1. The van der Waals surface area contributed by atoms with E-state index in [0.717, 1.165) is 26.0 Å². The van der Waals surface area contributed by atoms with Crippen molar-refractivity contribution in [2.45, 2.75) is 6.42 Å². The topological polar surface area (TPSA) is 54.9 Å². The van der Waals surface area contributed by atoms with Crippen LogP contribution >= 0.6 is 22.6 Å². The molecule has 0 fully saturated rings. The van der Waals surface area contributed by atoms with Crippen LogP contribution in [0.25, 0.3) is 23.4 Å². The Hall–Kier alpha value is -3.32. The van der Waals surface area contributed by atoms with Gasteiger partial charge in [-0.05, 0) is 51.9 Å². The largest absolute Gasteiger partial charge is 0.309 e. The molecule has 5 heteroatoms. The standard InChI is InChI=1S/C26H20IN3O/c27-22-14-11-20(12-15-22)17-25(31)30-26-23(16-13-19-7-3-1-4-8-19)29-24(18-28-26)21-9-5-2-6-10-21/h1-16,18H,17H2,(H,28,30,31). The number of carbonyl (C=O) groups excluding carboxylic acids is 1. The van der Waals surface area contributed by atoms with Crippen LogP contribution in [0.3, 0.4) is 0 Å². The average Bonchev–Trinajstić information content (AvgIpc) is 2.81. The predicted molar refractivity (Wildman–Crippen MR) is 134 cm³/mol. The van der Waals surface area contributed by atoms with E-state index >= 15 is 0 Å². The third-order valence-corrected chi connectivity index (χ3v) is 5.36. The molecule has 1 aromatic heterocycles. The van der Waals surface area contributed by atoms with Crippen molar-refractivity contribution in [3.63, 3.8) is 0 Å². The van der Waals surface area contributed by atoms with Crippen LogP contribution in [0, 0.1) is 3.57 Å². The smallest absolute Gasteiger partial charge is 0.230 e. The molecular formula is C26H20IN3O. The van der Waals surface area contributed by atoms with Gasteiger partial charge in [-0.1, -0.05) is 78.9 Å². The number of aromatic nitrogens is 2. The number of nitrogens with one attached hydrogen (secondary N) is 1. The molecule has 31 heavy (non-hydrogen) atoms. The van der Waals surface area contributed by atoms with Gasteiger partial charge in [0.15, 0.2) is 5.82 Å². The first-order valence-electron chi connectivity index (χ1n) is 9.87. The van der Waals surface area contributed by atoms with E-state index in [1.54, 1.807) is 6.20 Å². The van der Waals surface area contributed by atoms with Crippen molar-refractivity contribution in [3.05, 3.63) is 112 Å². The minimum atomic E-state index is -0.127. The summed E-state index contributed by atoms with van der Waals surface area (Å²) >= 11 is 2.25. The van der Waals surface area contributed by atoms with Crippen LogP contribution in [-0.4, -0.2) is 15.9 Å². The van der Waals surface area contributed by atoms with E-state index in [4.69, 9.17) is 4.98 Å². The van der Waals surface area contributed by atoms with E-state index in [0.29, 0.717) is 11.5 Å². The lowest BCUT2D eigenvalue weighted by atomic mass is 10.1. The van der Waals surface area contributed by atoms with Crippen molar-refractivity contribution in [3.8, 4) is 11.3 Å². The molecule has 0 aliphatic rings. The Kier molecular flexibility index (Phi) is 6.84. The van der Waals surface area contributed by atoms with Gasteiger partial charge in [-0.3, -0.25) is 4.79 Å². The molecule has 1 amide bonds. The van der Waals surface area contributed by atoms with Gasteiger partial charge in [-0.2, -0.15) is 0 Å². The van der Waals surface area contributed by atoms with Crippen LogP contribution in [0.5, 0.6) is 0 Å². The Morgan fingerprint density at radius 1 is 0.871 bits per heavy atom. The molecule has 0 radical (unpaired) electrons. The van der Waals surface area contributed by atoms with Crippen molar-refractivity contribution in [1.82, 2.24) is 9.97 Å². The van der Waals surface area contributed by atoms with Crippen LogP contribution in [-0.2, 0) is 11.2 Å². The Labute approximate surface area is 195 Å². The Morgan fingerprint density at radius 2 is 1.55 bits per heavy atom. The summed E-state index contributed by atoms with van der Waals surface area (Å²) in [5, 5.41) is 2.92. The normalized spacial score (nSPS) is 10.9. The van der Waals surface area contributed by atoms with Gasteiger partial charge in [0, 0.05) is 9.13 Å². The molecule has 0 aliphatic carbocycles. The lowest BCUT2D eigenvalue weighted by Gasteiger charge is -2.10. The van der Waals surface area contributed by atoms with Crippen LogP contribution < -0.4 is 5.32 Å². The molecule has 0 saturated carbocycles. The van der Waals surface area contributed by atoms with Gasteiger partial charge < -0.3 is 5.32 Å². The Bertz CT molecular complexity index is 1190. The van der Waals surface area contributed by atoms with E-state index in [1.165, 1.54) is 0 Å². The molecule has 4 nitrogen and oxygen atoms in total. The summed E-state index contributed by atoms with van der Waals surface area (Å²) in [4.78, 5) is 21.9. The summed E-state index contributed by atoms with van der Waals surface area (Å²) in [5.74, 6) is 0.319. The van der Waals surface area contributed by atoms with Crippen molar-refractivity contribution < 1.29 is 4.79 Å². The van der Waals surface area contributed by atoms with E-state index in [2.05, 4.69) is 32.9 Å². The quantitative estimate of drug-likeness (QED) is 0.315. The van der Waals surface area contributed by atoms with Gasteiger partial charge in [0.1, 0.15) is 5.69 Å². The lowest BCUT2D eigenvalue weighted by molar-refractivity contribution is -0.115. The maximum atomic E-state index is 12.6. The molecule has 0 atom stereocenters. The number of halogens is 1. The Morgan fingerprint density at radius 3 is 2.26 bits per heavy atom. The van der Waals surface area contributed by atoms with Crippen LogP contribution in [0.1, 0.15) is 16.8 Å². The maximum Gasteiger partial charge on any atom is 0.230 e. The SMILES string of the molecule is O=C(Cc1ccc(I)cc1)Nc1ncc(-c2ccccc2)nc1C=Cc1ccccc1. The Balaban J connectivity index is 1.61. The molecule has 0 unspecified atom stereocenters. The average molecular weight is 517 g/mol. The van der Waals surface area contributed by atoms with Crippen LogP contribution in [0.2, 0.25) is 0 Å². The molecule has 1 N–H and O–H groups in total. The first kappa shape index (κ1) is 20.9. The number of hydrogen-bond donors (Lipinski definition) is 1. The summed E-state index contributed by atoms with van der Waals surface area (Å²) in [7, 11) is 0. The van der Waals surface area contributed by atoms with E-state index < -0.39 is 0 Å². The zero-order valence-corrected chi connectivity index (χ0v) is 18.9. The second kappa shape index (κ2) is 10.1. The second-order valence-corrected chi connectivity index (χ2v) is 8.20. The summed E-state index contributed by atoms with van der Waals surface area (Å²) in [6.07, 6.45) is 5.82. The second-order valence-electron chi connectivity index (χ2n) is 6.95. The molecule has 4 aromatic rings. The van der Waals surface area contributed by atoms with Crippen molar-refractivity contribution in [2.75, 3.05) is 5.32 Å². The fourth-order valence-corrected chi connectivity index (χ4v) is 3.43. The van der Waals surface area contributed by atoms with E-state index in [-0.39, 0.29) is 12.3 Å². The summed E-state index contributed by atoms with van der Waals surface area (Å²) in [6.45, 7) is 0. The molecule has 3 aromatic carbocycles. The fraction of sp³-hybridized carbons (Fsp3) is 0.0385. The highest BCUT2D eigenvalue weighted by molar-refractivity contribution is 14.1. The number of rotatable bonds is 6. The molecule has 0 spiro atoms. The number of benzene rings is 3. The molecule has 0 saturated heterocycles. The van der Waals surface area contributed by atoms with Gasteiger partial charge in [0.2, 0.25) is 5.91 Å². The van der Waals surface area contributed by atoms with Crippen molar-refractivity contribution >= 4 is 46.5 Å². The van der Waals surface area contributed by atoms with Crippen LogP contribution in [0.15, 0.2) is 91.1 Å². The first-order chi connectivity index (χ1) is 15.2. The summed E-state index contributed by atoms with van der Waals surface area (Å²) in [5.41, 5.74) is 4.34. The number of amides is 1. The summed E-state index contributed by atoms with van der Waals surface area (Å²) in [6, 6.07) is 27.7. The molecule has 4 rings (SSSR count). The lowest BCUT2D eigenvalue weighted by Crippen LogP contribution is -2.16. The van der Waals surface area contributed by atoms with Gasteiger partial charge in [0.25, 0.3) is 0 Å². The van der Waals surface area contributed by atoms with Gasteiger partial charge in [-0.25, -0.2) is 9.97 Å². The third kappa shape index (κ3) is 5.86. The number of anilines is 1. The highest BCUT2D eigenvalue weighted by Gasteiger charge is 2.11.